The molecule has 0 saturated heterocycles. The number of nitrogens with zero attached hydrogens (tertiary/aromatic N) is 2. The first-order chi connectivity index (χ1) is 26.2. The molecule has 0 radical (unpaired) electrons. The van der Waals surface area contributed by atoms with Crippen molar-refractivity contribution < 1.29 is 0 Å². The molecule has 53 heavy (non-hydrogen) atoms. The molecule has 0 N–H and O–H groups in total. The number of hydrogen-bond donors (Lipinski definition) is 0. The van der Waals surface area contributed by atoms with Gasteiger partial charge in [0.15, 0.2) is 0 Å². The lowest BCUT2D eigenvalue weighted by atomic mass is 9.95. The van der Waals surface area contributed by atoms with Gasteiger partial charge in [-0.1, -0.05) is 133 Å². The van der Waals surface area contributed by atoms with Crippen molar-refractivity contribution in [2.45, 2.75) is 0 Å². The number of para-hydroxylation sites is 1. The van der Waals surface area contributed by atoms with E-state index in [4.69, 9.17) is 4.98 Å². The largest absolute Gasteiger partial charge is 0.310 e. The van der Waals surface area contributed by atoms with Crippen LogP contribution in [0.3, 0.4) is 0 Å². The summed E-state index contributed by atoms with van der Waals surface area (Å²) in [7, 11) is 0. The number of rotatable bonds is 7. The molecule has 0 spiro atoms. The van der Waals surface area contributed by atoms with E-state index in [0.717, 1.165) is 33.1 Å². The Morgan fingerprint density at radius 2 is 0.906 bits per heavy atom. The second-order valence-corrected chi connectivity index (χ2v) is 15.3. The second-order valence-electron chi connectivity index (χ2n) is 13.2. The predicted molar refractivity (Wildman–Crippen MR) is 229 cm³/mol. The molecule has 0 saturated carbocycles. The maximum atomic E-state index is 5.01. The van der Waals surface area contributed by atoms with Crippen LogP contribution in [-0.4, -0.2) is 4.98 Å². The van der Waals surface area contributed by atoms with Crippen molar-refractivity contribution in [3.63, 3.8) is 0 Å². The molecule has 10 aromatic rings. The lowest BCUT2D eigenvalue weighted by Crippen LogP contribution is -2.11. The molecule has 2 aromatic heterocycles. The van der Waals surface area contributed by atoms with Gasteiger partial charge in [-0.3, -0.25) is 0 Å². The van der Waals surface area contributed by atoms with E-state index in [9.17, 15) is 0 Å². The number of thiophene rings is 1. The Hall–Kier alpha value is -6.33. The average Bonchev–Trinajstić information content (AvgIpc) is 3.82. The van der Waals surface area contributed by atoms with Crippen LogP contribution in [0.15, 0.2) is 194 Å². The van der Waals surface area contributed by atoms with Crippen molar-refractivity contribution in [2.24, 2.45) is 0 Å². The van der Waals surface area contributed by atoms with Crippen LogP contribution in [0, 0.1) is 0 Å². The van der Waals surface area contributed by atoms with Crippen LogP contribution >= 0.6 is 22.7 Å². The first-order valence-corrected chi connectivity index (χ1v) is 19.4. The topological polar surface area (TPSA) is 16.1 Å². The first kappa shape index (κ1) is 31.4. The number of hydrogen-bond acceptors (Lipinski definition) is 4. The normalized spacial score (nSPS) is 11.4. The van der Waals surface area contributed by atoms with Crippen molar-refractivity contribution in [3.8, 4) is 44.0 Å². The van der Waals surface area contributed by atoms with Gasteiger partial charge in [0, 0.05) is 42.7 Å². The monoisotopic (exact) mass is 712 g/mol. The van der Waals surface area contributed by atoms with Crippen molar-refractivity contribution >= 4 is 70.1 Å². The van der Waals surface area contributed by atoms with Gasteiger partial charge in [0.05, 0.1) is 15.9 Å². The van der Waals surface area contributed by atoms with Gasteiger partial charge < -0.3 is 4.90 Å². The summed E-state index contributed by atoms with van der Waals surface area (Å²) in [5.41, 5.74) is 12.7. The van der Waals surface area contributed by atoms with Crippen LogP contribution in [0.2, 0.25) is 0 Å². The summed E-state index contributed by atoms with van der Waals surface area (Å²) in [4.78, 5) is 7.39. The summed E-state index contributed by atoms with van der Waals surface area (Å²) in [6, 6.07) is 69.9. The van der Waals surface area contributed by atoms with Crippen molar-refractivity contribution in [2.75, 3.05) is 4.90 Å². The Balaban J connectivity index is 1.10. The van der Waals surface area contributed by atoms with E-state index < -0.39 is 0 Å². The maximum Gasteiger partial charge on any atom is 0.124 e. The van der Waals surface area contributed by atoms with E-state index in [1.54, 1.807) is 11.3 Å². The highest BCUT2D eigenvalue weighted by molar-refractivity contribution is 7.26. The molecule has 0 amide bonds. The summed E-state index contributed by atoms with van der Waals surface area (Å²) >= 11 is 3.61. The number of thiazole rings is 1. The number of anilines is 3. The fraction of sp³-hybridized carbons (Fsp3) is 0. The lowest BCUT2D eigenvalue weighted by molar-refractivity contribution is 1.28. The van der Waals surface area contributed by atoms with Crippen LogP contribution in [0.4, 0.5) is 17.1 Å². The molecule has 0 aliphatic rings. The lowest BCUT2D eigenvalue weighted by Gasteiger charge is -2.28. The SMILES string of the molecule is c1ccc(-c2ccc(N(c3ccccc3)c3ccc(-c4ccc5sc6cc7nc(-c8ccccc8)sc7cc6c5c4)cc3-c3ccccc3)cc2)cc1. The van der Waals surface area contributed by atoms with Crippen LogP contribution in [-0.2, 0) is 0 Å². The molecule has 2 heterocycles. The maximum absolute atomic E-state index is 5.01. The smallest absolute Gasteiger partial charge is 0.124 e. The summed E-state index contributed by atoms with van der Waals surface area (Å²) < 4.78 is 3.78. The third kappa shape index (κ3) is 5.88. The minimum absolute atomic E-state index is 1.06. The zero-order valence-corrected chi connectivity index (χ0v) is 30.3. The molecule has 10 rings (SSSR count). The Morgan fingerprint density at radius 3 is 1.62 bits per heavy atom. The zero-order chi connectivity index (χ0) is 35.1. The third-order valence-electron chi connectivity index (χ3n) is 9.90. The van der Waals surface area contributed by atoms with Crippen LogP contribution in [0.1, 0.15) is 0 Å². The summed E-state index contributed by atoms with van der Waals surface area (Å²) in [6.45, 7) is 0. The molecule has 4 heteroatoms. The summed E-state index contributed by atoms with van der Waals surface area (Å²) in [5.74, 6) is 0. The predicted octanol–water partition coefficient (Wildman–Crippen LogP) is 14.8. The average molecular weight is 713 g/mol. The highest BCUT2D eigenvalue weighted by atomic mass is 32.1. The Labute approximate surface area is 316 Å². The third-order valence-corrected chi connectivity index (χ3v) is 12.1. The van der Waals surface area contributed by atoms with Gasteiger partial charge in [0.1, 0.15) is 5.01 Å². The van der Waals surface area contributed by atoms with Crippen molar-refractivity contribution in [3.05, 3.63) is 194 Å². The van der Waals surface area contributed by atoms with Crippen molar-refractivity contribution in [1.29, 1.82) is 0 Å². The Bertz CT molecular complexity index is 2860. The number of aromatic nitrogens is 1. The highest BCUT2D eigenvalue weighted by Gasteiger charge is 2.19. The highest BCUT2D eigenvalue weighted by Crippen LogP contribution is 2.45. The number of fused-ring (bicyclic) bond motifs is 4. The first-order valence-electron chi connectivity index (χ1n) is 17.8. The molecule has 8 aromatic carbocycles. The van der Waals surface area contributed by atoms with Crippen molar-refractivity contribution in [1.82, 2.24) is 4.98 Å². The van der Waals surface area contributed by atoms with Crippen LogP contribution in [0.5, 0.6) is 0 Å². The van der Waals surface area contributed by atoms with Gasteiger partial charge >= 0.3 is 0 Å². The fourth-order valence-electron chi connectivity index (χ4n) is 7.28. The molecule has 0 bridgehead atoms. The summed E-state index contributed by atoms with van der Waals surface area (Å²) in [5, 5.41) is 3.64. The standard InChI is InChI=1S/C49H32N2S2/c1-5-13-33(14-6-1)34-21-25-40(26-22-34)51(39-19-11-4-12-20-39)45-27-23-37(29-41(45)35-15-7-2-8-16-35)38-24-28-46-42(30-38)43-31-48-44(32-47(43)52-46)50-49(53-48)36-17-9-3-10-18-36/h1-32H. The van der Waals surface area contributed by atoms with Gasteiger partial charge in [-0.25, -0.2) is 4.98 Å². The molecular formula is C49H32N2S2. The number of benzene rings is 8. The van der Waals surface area contributed by atoms with E-state index in [0.29, 0.717) is 0 Å². The van der Waals surface area contributed by atoms with Crippen LogP contribution < -0.4 is 4.90 Å². The van der Waals surface area contributed by atoms with E-state index in [1.165, 1.54) is 58.3 Å². The van der Waals surface area contributed by atoms with E-state index in [2.05, 4.69) is 199 Å². The molecule has 0 aliphatic carbocycles. The van der Waals surface area contributed by atoms with Gasteiger partial charge in [-0.2, -0.15) is 0 Å². The Morgan fingerprint density at radius 1 is 0.358 bits per heavy atom. The molecule has 0 fully saturated rings. The quantitative estimate of drug-likeness (QED) is 0.164. The molecule has 250 valence electrons. The van der Waals surface area contributed by atoms with Gasteiger partial charge in [0.2, 0.25) is 0 Å². The molecule has 0 atom stereocenters. The van der Waals surface area contributed by atoms with Gasteiger partial charge in [0.25, 0.3) is 0 Å². The molecule has 0 aliphatic heterocycles. The molecule has 2 nitrogen and oxygen atoms in total. The Kier molecular flexibility index (Phi) is 7.90. The fourth-order valence-corrected chi connectivity index (χ4v) is 9.37. The molecular weight excluding hydrogens is 681 g/mol. The zero-order valence-electron chi connectivity index (χ0n) is 28.7. The molecule has 0 unspecified atom stereocenters. The van der Waals surface area contributed by atoms with Gasteiger partial charge in [-0.15, -0.1) is 22.7 Å². The van der Waals surface area contributed by atoms with Crippen LogP contribution in [0.25, 0.3) is 74.3 Å². The minimum Gasteiger partial charge on any atom is -0.310 e. The van der Waals surface area contributed by atoms with E-state index >= 15 is 0 Å². The van der Waals surface area contributed by atoms with E-state index in [-0.39, 0.29) is 0 Å². The summed E-state index contributed by atoms with van der Waals surface area (Å²) in [6.07, 6.45) is 0. The van der Waals surface area contributed by atoms with Gasteiger partial charge in [-0.05, 0) is 88.5 Å². The second kappa shape index (κ2) is 13.3. The minimum atomic E-state index is 1.06. The van der Waals surface area contributed by atoms with E-state index in [1.807, 2.05) is 11.3 Å².